The molecule has 1 N–H and O–H groups in total. The minimum Gasteiger partial charge on any atom is -0.325 e. The van der Waals surface area contributed by atoms with E-state index in [2.05, 4.69) is 21.2 Å². The molecule has 3 amide bonds. The highest BCUT2D eigenvalue weighted by molar-refractivity contribution is 9.10. The molecule has 1 fully saturated rings. The molecule has 0 aliphatic carbocycles. The van der Waals surface area contributed by atoms with Crippen LogP contribution in [0.1, 0.15) is 21.9 Å². The molecule has 2 unspecified atom stereocenters. The van der Waals surface area contributed by atoms with Gasteiger partial charge in [0.2, 0.25) is 17.7 Å². The second kappa shape index (κ2) is 11.0. The van der Waals surface area contributed by atoms with Crippen LogP contribution in [0.5, 0.6) is 0 Å². The molecule has 1 aromatic heterocycles. The van der Waals surface area contributed by atoms with Crippen LogP contribution in [0.15, 0.2) is 87.1 Å². The van der Waals surface area contributed by atoms with Crippen molar-refractivity contribution in [3.63, 3.8) is 0 Å². The maximum Gasteiger partial charge on any atom is 0.308 e. The number of rotatable bonds is 6. The van der Waals surface area contributed by atoms with Crippen molar-refractivity contribution < 1.29 is 19.3 Å². The third-order valence-corrected chi connectivity index (χ3v) is 10.4. The molecule has 13 heteroatoms. The molecule has 3 atom stereocenters. The lowest BCUT2D eigenvalue weighted by atomic mass is 9.83. The summed E-state index contributed by atoms with van der Waals surface area (Å²) < 4.78 is 2.19. The number of hydrogen-bond donors (Lipinski definition) is 1. The van der Waals surface area contributed by atoms with Crippen LogP contribution >= 0.6 is 39.0 Å². The number of halogens is 1. The molecular weight excluding hydrogens is 644 g/mol. The predicted molar refractivity (Wildman–Crippen MR) is 163 cm³/mol. The number of amides is 3. The first-order valence-electron chi connectivity index (χ1n) is 12.8. The number of aryl methyl sites for hydroxylation is 1. The summed E-state index contributed by atoms with van der Waals surface area (Å²) in [6, 6.07) is 19.9. The van der Waals surface area contributed by atoms with E-state index in [1.165, 1.54) is 28.8 Å². The lowest BCUT2D eigenvalue weighted by molar-refractivity contribution is -0.384. The number of nitrogens with one attached hydrogen (secondary N) is 1. The summed E-state index contributed by atoms with van der Waals surface area (Å²) in [5.41, 5.74) is 2.46. The number of anilines is 2. The molecule has 212 valence electrons. The zero-order chi connectivity index (χ0) is 29.7. The fourth-order valence-electron chi connectivity index (χ4n) is 5.24. The minimum absolute atomic E-state index is 0.160. The molecule has 2 aliphatic heterocycles. The van der Waals surface area contributed by atoms with Gasteiger partial charge in [-0.1, -0.05) is 68.9 Å². The van der Waals surface area contributed by atoms with E-state index in [0.717, 1.165) is 43.6 Å². The summed E-state index contributed by atoms with van der Waals surface area (Å²) in [6.07, 6.45) is 0. The number of carbonyl (C=O) groups is 3. The molecule has 3 aromatic carbocycles. The maximum atomic E-state index is 13.9. The quantitative estimate of drug-likeness (QED) is 0.168. The van der Waals surface area contributed by atoms with Crippen LogP contribution in [-0.4, -0.2) is 32.5 Å². The molecule has 42 heavy (non-hydrogen) atoms. The van der Waals surface area contributed by atoms with Crippen molar-refractivity contribution >= 4 is 73.8 Å². The summed E-state index contributed by atoms with van der Waals surface area (Å²) in [5.74, 6) is -2.76. The van der Waals surface area contributed by atoms with Crippen LogP contribution in [0.25, 0.3) is 0 Å². The lowest BCUT2D eigenvalue weighted by Gasteiger charge is -2.30. The fourth-order valence-corrected chi connectivity index (χ4v) is 8.28. The van der Waals surface area contributed by atoms with Crippen molar-refractivity contribution in [3.05, 3.63) is 113 Å². The first kappa shape index (κ1) is 28.1. The first-order valence-corrected chi connectivity index (χ1v) is 15.3. The topological polar surface area (TPSA) is 132 Å². The lowest BCUT2D eigenvalue weighted by Crippen LogP contribution is -2.33. The van der Waals surface area contributed by atoms with Crippen molar-refractivity contribution in [1.29, 1.82) is 0 Å². The standard InChI is InChI=1S/C29H21BrN4O6S2/c1-15-2-8-18(9-3-15)31-21(35)14-32-28-25(42-29(32)38)22(16-4-6-17(30)7-5-16)23-24(41-28)27(37)33(26(23)36)19-10-12-20(13-11-19)34(39)40/h2-13,22-24H,14H2,1H3,(H,31,35)/t22-,23?,24?/m1/s1. The van der Waals surface area contributed by atoms with E-state index in [-0.39, 0.29) is 22.8 Å². The van der Waals surface area contributed by atoms with Crippen molar-refractivity contribution in [2.45, 2.75) is 29.7 Å². The number of non-ortho nitro benzene ring substituents is 1. The van der Waals surface area contributed by atoms with Gasteiger partial charge in [0.25, 0.3) is 5.69 Å². The Hall–Kier alpha value is -4.07. The van der Waals surface area contributed by atoms with Crippen LogP contribution in [-0.2, 0) is 20.9 Å². The van der Waals surface area contributed by atoms with Gasteiger partial charge in [-0.3, -0.25) is 33.9 Å². The van der Waals surface area contributed by atoms with E-state index < -0.39 is 39.7 Å². The van der Waals surface area contributed by atoms with Gasteiger partial charge >= 0.3 is 4.87 Å². The van der Waals surface area contributed by atoms with Gasteiger partial charge in [0.05, 0.1) is 21.6 Å². The smallest absolute Gasteiger partial charge is 0.308 e. The Morgan fingerprint density at radius 2 is 1.64 bits per heavy atom. The largest absolute Gasteiger partial charge is 0.325 e. The average molecular weight is 666 g/mol. The number of aromatic nitrogens is 1. The van der Waals surface area contributed by atoms with Crippen LogP contribution in [0, 0.1) is 23.0 Å². The zero-order valence-corrected chi connectivity index (χ0v) is 25.1. The highest BCUT2D eigenvalue weighted by Crippen LogP contribution is 2.54. The monoisotopic (exact) mass is 664 g/mol. The number of thiazole rings is 1. The summed E-state index contributed by atoms with van der Waals surface area (Å²) in [4.78, 5) is 65.9. The molecule has 3 heterocycles. The molecule has 4 aromatic rings. The van der Waals surface area contributed by atoms with Gasteiger partial charge < -0.3 is 5.32 Å². The third-order valence-electron chi connectivity index (χ3n) is 7.23. The molecule has 1 saturated heterocycles. The van der Waals surface area contributed by atoms with Crippen LogP contribution in [0.4, 0.5) is 17.1 Å². The van der Waals surface area contributed by atoms with Crippen LogP contribution in [0.2, 0.25) is 0 Å². The van der Waals surface area contributed by atoms with E-state index >= 15 is 0 Å². The normalized spacial score (nSPS) is 19.4. The number of nitrogens with zero attached hydrogens (tertiary/aromatic N) is 3. The van der Waals surface area contributed by atoms with E-state index in [0.29, 0.717) is 15.6 Å². The molecule has 2 aliphatic rings. The van der Waals surface area contributed by atoms with E-state index in [9.17, 15) is 29.3 Å². The van der Waals surface area contributed by atoms with Crippen molar-refractivity contribution in [1.82, 2.24) is 4.57 Å². The average Bonchev–Trinajstić information content (AvgIpc) is 3.41. The van der Waals surface area contributed by atoms with Gasteiger partial charge in [0.1, 0.15) is 11.8 Å². The Balaban J connectivity index is 1.39. The summed E-state index contributed by atoms with van der Waals surface area (Å²) in [5, 5.41) is 13.6. The molecule has 0 spiro atoms. The molecule has 10 nitrogen and oxygen atoms in total. The van der Waals surface area contributed by atoms with Crippen molar-refractivity contribution in [2.75, 3.05) is 10.2 Å². The van der Waals surface area contributed by atoms with Gasteiger partial charge in [-0.05, 0) is 48.9 Å². The van der Waals surface area contributed by atoms with Gasteiger partial charge in [-0.15, -0.1) is 0 Å². The number of nitro groups is 1. The minimum atomic E-state index is -0.866. The second-order valence-corrected chi connectivity index (χ2v) is 13.0. The number of fused-ring (bicyclic) bond motifs is 2. The Labute approximate surface area is 255 Å². The number of imide groups is 1. The summed E-state index contributed by atoms with van der Waals surface area (Å²) in [7, 11) is 0. The van der Waals surface area contributed by atoms with Crippen molar-refractivity contribution in [2.24, 2.45) is 5.92 Å². The predicted octanol–water partition coefficient (Wildman–Crippen LogP) is 5.32. The van der Waals surface area contributed by atoms with Crippen molar-refractivity contribution in [3.8, 4) is 0 Å². The van der Waals surface area contributed by atoms with E-state index in [4.69, 9.17) is 0 Å². The first-order chi connectivity index (χ1) is 20.1. The maximum absolute atomic E-state index is 13.9. The second-order valence-electron chi connectivity index (χ2n) is 9.92. The number of hydrogen-bond acceptors (Lipinski definition) is 8. The van der Waals surface area contributed by atoms with Gasteiger partial charge in [0, 0.05) is 33.1 Å². The molecular formula is C29H21BrN4O6S2. The molecule has 6 rings (SSSR count). The number of carbonyl (C=O) groups excluding carboxylic acids is 3. The van der Waals surface area contributed by atoms with Gasteiger partial charge in [-0.2, -0.15) is 0 Å². The van der Waals surface area contributed by atoms with Crippen LogP contribution < -0.4 is 15.1 Å². The van der Waals surface area contributed by atoms with Crippen LogP contribution in [0.3, 0.4) is 0 Å². The van der Waals surface area contributed by atoms with Gasteiger partial charge in [-0.25, -0.2) is 4.90 Å². The third kappa shape index (κ3) is 4.97. The summed E-state index contributed by atoms with van der Waals surface area (Å²) in [6.45, 7) is 1.68. The Kier molecular flexibility index (Phi) is 7.33. The molecule has 0 saturated carbocycles. The Morgan fingerprint density at radius 3 is 2.29 bits per heavy atom. The van der Waals surface area contributed by atoms with E-state index in [1.54, 1.807) is 12.1 Å². The number of thioether (sulfide) groups is 1. The van der Waals surface area contributed by atoms with E-state index in [1.807, 2.05) is 43.3 Å². The highest BCUT2D eigenvalue weighted by atomic mass is 79.9. The Morgan fingerprint density at radius 1 is 0.976 bits per heavy atom. The summed E-state index contributed by atoms with van der Waals surface area (Å²) >= 11 is 5.51. The SMILES string of the molecule is Cc1ccc(NC(=O)Cn2c3c(sc2=O)[C@H](c2ccc(Br)cc2)C2C(=O)N(c4ccc([N+](=O)[O-])cc4)C(=O)C2S3)cc1. The highest BCUT2D eigenvalue weighted by Gasteiger charge is 2.56. The van der Waals surface area contributed by atoms with Gasteiger partial charge in [0.15, 0.2) is 0 Å². The fraction of sp³-hybridized carbons (Fsp3) is 0.172. The number of nitro benzene ring substituents is 1. The number of benzene rings is 3. The molecule has 0 bridgehead atoms. The Bertz CT molecular complexity index is 1800. The zero-order valence-electron chi connectivity index (χ0n) is 21.9. The molecule has 0 radical (unpaired) electrons.